The summed E-state index contributed by atoms with van der Waals surface area (Å²) in [6, 6.07) is 9.17. The van der Waals surface area contributed by atoms with Crippen LogP contribution in [0, 0.1) is 0 Å². The molecule has 1 aromatic carbocycles. The third-order valence-corrected chi connectivity index (χ3v) is 1.44. The van der Waals surface area contributed by atoms with Gasteiger partial charge < -0.3 is 5.32 Å². The molecule has 1 amide bonds. The molecule has 0 radical (unpaired) electrons. The Hall–Kier alpha value is -1.00. The number of amides is 1. The highest BCUT2D eigenvalue weighted by Crippen LogP contribution is 2.06. The first kappa shape index (κ1) is 8.10. The van der Waals surface area contributed by atoms with Crippen molar-refractivity contribution in [3.8, 4) is 0 Å². The summed E-state index contributed by atoms with van der Waals surface area (Å²) >= 11 is 0.670. The van der Waals surface area contributed by atoms with E-state index >= 15 is 0 Å². The maximum absolute atomic E-state index is 10.7. The molecular weight excluding hydrogens is 160 g/mol. The fourth-order valence-electron chi connectivity index (χ4n) is 0.669. The van der Waals surface area contributed by atoms with Crippen LogP contribution in [0.1, 0.15) is 0 Å². The summed E-state index contributed by atoms with van der Waals surface area (Å²) in [5, 5.41) is 7.36. The summed E-state index contributed by atoms with van der Waals surface area (Å²) in [5.41, 5.74) is 0.760. The lowest BCUT2D eigenvalue weighted by Gasteiger charge is -1.99. The van der Waals surface area contributed by atoms with Crippen LogP contribution in [0.5, 0.6) is 0 Å². The first-order valence-corrected chi connectivity index (χ1v) is 3.93. The topological polar surface area (TPSA) is 55.1 Å². The van der Waals surface area contributed by atoms with Crippen LogP contribution in [0.15, 0.2) is 30.3 Å². The molecule has 3 N–H and O–H groups in total. The first-order valence-electron chi connectivity index (χ1n) is 3.05. The minimum Gasteiger partial charge on any atom is -0.316 e. The Morgan fingerprint density at radius 2 is 2.00 bits per heavy atom. The van der Waals surface area contributed by atoms with Crippen LogP contribution in [0.2, 0.25) is 0 Å². The highest BCUT2D eigenvalue weighted by Gasteiger charge is 1.96. The van der Waals surface area contributed by atoms with Gasteiger partial charge in [0.25, 0.3) is 5.24 Å². The highest BCUT2D eigenvalue weighted by molar-refractivity contribution is 8.11. The van der Waals surface area contributed by atoms with Crippen molar-refractivity contribution in [2.24, 2.45) is 5.14 Å². The molecule has 0 heterocycles. The molecule has 0 atom stereocenters. The van der Waals surface area contributed by atoms with Crippen molar-refractivity contribution in [1.29, 1.82) is 0 Å². The van der Waals surface area contributed by atoms with Crippen molar-refractivity contribution < 1.29 is 4.79 Å². The molecule has 11 heavy (non-hydrogen) atoms. The largest absolute Gasteiger partial charge is 0.316 e. The minimum absolute atomic E-state index is 0.254. The quantitative estimate of drug-likeness (QED) is 0.629. The predicted molar refractivity (Wildman–Crippen MR) is 47.2 cm³/mol. The van der Waals surface area contributed by atoms with Crippen LogP contribution in [-0.4, -0.2) is 5.24 Å². The molecule has 1 rings (SSSR count). The van der Waals surface area contributed by atoms with Crippen molar-refractivity contribution >= 4 is 22.9 Å². The molecule has 0 unspecified atom stereocenters. The molecular formula is C7H8N2OS. The average Bonchev–Trinajstić information content (AvgIpc) is 2.06. The number of carbonyl (C=O) groups is 1. The van der Waals surface area contributed by atoms with Gasteiger partial charge in [0.2, 0.25) is 0 Å². The zero-order valence-corrected chi connectivity index (χ0v) is 6.60. The Morgan fingerprint density at radius 1 is 1.36 bits per heavy atom. The molecule has 0 aliphatic carbocycles. The fourth-order valence-corrected chi connectivity index (χ4v) is 0.846. The van der Waals surface area contributed by atoms with Gasteiger partial charge in [-0.2, -0.15) is 0 Å². The number of anilines is 1. The third-order valence-electron chi connectivity index (χ3n) is 1.13. The zero-order valence-electron chi connectivity index (χ0n) is 5.78. The second-order valence-electron chi connectivity index (χ2n) is 1.90. The summed E-state index contributed by atoms with van der Waals surface area (Å²) in [5.74, 6) is 0. The minimum atomic E-state index is -0.254. The molecule has 58 valence electrons. The Bertz CT molecular complexity index is 237. The molecule has 4 heteroatoms. The van der Waals surface area contributed by atoms with Crippen LogP contribution < -0.4 is 10.5 Å². The van der Waals surface area contributed by atoms with E-state index in [1.807, 2.05) is 18.2 Å². The lowest BCUT2D eigenvalue weighted by atomic mass is 10.3. The Balaban J connectivity index is 2.58. The van der Waals surface area contributed by atoms with E-state index in [4.69, 9.17) is 5.14 Å². The normalized spacial score (nSPS) is 9.18. The summed E-state index contributed by atoms with van der Waals surface area (Å²) in [4.78, 5) is 10.7. The number of hydrogen-bond donors (Lipinski definition) is 2. The summed E-state index contributed by atoms with van der Waals surface area (Å²) in [6.07, 6.45) is 0. The van der Waals surface area contributed by atoms with Gasteiger partial charge >= 0.3 is 0 Å². The number of rotatable bonds is 1. The van der Waals surface area contributed by atoms with Crippen molar-refractivity contribution in [1.82, 2.24) is 0 Å². The molecule has 3 nitrogen and oxygen atoms in total. The van der Waals surface area contributed by atoms with E-state index in [2.05, 4.69) is 5.32 Å². The van der Waals surface area contributed by atoms with Gasteiger partial charge in [-0.3, -0.25) is 9.93 Å². The maximum Gasteiger partial charge on any atom is 0.298 e. The Morgan fingerprint density at radius 3 is 2.55 bits per heavy atom. The zero-order chi connectivity index (χ0) is 8.10. The van der Waals surface area contributed by atoms with E-state index in [0.29, 0.717) is 11.9 Å². The van der Waals surface area contributed by atoms with Crippen LogP contribution >= 0.6 is 11.9 Å². The highest BCUT2D eigenvalue weighted by atomic mass is 32.2. The van der Waals surface area contributed by atoms with E-state index in [0.717, 1.165) is 5.69 Å². The molecule has 0 aliphatic heterocycles. The molecule has 0 saturated heterocycles. The van der Waals surface area contributed by atoms with E-state index in [1.54, 1.807) is 12.1 Å². The van der Waals surface area contributed by atoms with Crippen molar-refractivity contribution in [3.05, 3.63) is 30.3 Å². The van der Waals surface area contributed by atoms with Gasteiger partial charge in [0.15, 0.2) is 0 Å². The number of nitrogens with one attached hydrogen (secondary N) is 1. The average molecular weight is 168 g/mol. The Kier molecular flexibility index (Phi) is 2.95. The van der Waals surface area contributed by atoms with Gasteiger partial charge in [-0.1, -0.05) is 18.2 Å². The summed E-state index contributed by atoms with van der Waals surface area (Å²) < 4.78 is 0. The van der Waals surface area contributed by atoms with Crippen molar-refractivity contribution in [3.63, 3.8) is 0 Å². The predicted octanol–water partition coefficient (Wildman–Crippen LogP) is 1.83. The SMILES string of the molecule is NSC(=O)Nc1ccccc1. The monoisotopic (exact) mass is 168 g/mol. The van der Waals surface area contributed by atoms with Crippen LogP contribution in [0.25, 0.3) is 0 Å². The number of carbonyl (C=O) groups excluding carboxylic acids is 1. The van der Waals surface area contributed by atoms with Crippen LogP contribution in [0.3, 0.4) is 0 Å². The number of benzene rings is 1. The summed E-state index contributed by atoms with van der Waals surface area (Å²) in [7, 11) is 0. The van der Waals surface area contributed by atoms with E-state index in [1.165, 1.54) is 0 Å². The molecule has 0 spiro atoms. The smallest absolute Gasteiger partial charge is 0.298 e. The Labute approximate surface area is 69.1 Å². The third kappa shape index (κ3) is 2.61. The van der Waals surface area contributed by atoms with Crippen LogP contribution in [0.4, 0.5) is 10.5 Å². The lowest BCUT2D eigenvalue weighted by molar-refractivity contribution is 0.270. The molecule has 0 bridgehead atoms. The standard InChI is InChI=1S/C7H8N2OS/c8-11-7(10)9-6-4-2-1-3-5-6/h1-5H,8H2,(H,9,10). The van der Waals surface area contributed by atoms with Gasteiger partial charge in [0.05, 0.1) is 0 Å². The molecule has 0 aromatic heterocycles. The second-order valence-corrected chi connectivity index (χ2v) is 2.50. The van der Waals surface area contributed by atoms with Crippen molar-refractivity contribution in [2.45, 2.75) is 0 Å². The summed E-state index contributed by atoms with van der Waals surface area (Å²) in [6.45, 7) is 0. The number of nitrogens with two attached hydrogens (primary N) is 1. The van der Waals surface area contributed by atoms with E-state index in [-0.39, 0.29) is 5.24 Å². The van der Waals surface area contributed by atoms with Gasteiger partial charge in [-0.25, -0.2) is 0 Å². The van der Waals surface area contributed by atoms with Gasteiger partial charge in [0.1, 0.15) is 0 Å². The molecule has 1 aromatic rings. The van der Waals surface area contributed by atoms with E-state index in [9.17, 15) is 4.79 Å². The molecule has 0 fully saturated rings. The number of para-hydroxylation sites is 1. The van der Waals surface area contributed by atoms with E-state index < -0.39 is 0 Å². The number of hydrogen-bond acceptors (Lipinski definition) is 3. The maximum atomic E-state index is 10.7. The van der Waals surface area contributed by atoms with Gasteiger partial charge in [-0.05, 0) is 12.1 Å². The second kappa shape index (κ2) is 4.00. The van der Waals surface area contributed by atoms with Gasteiger partial charge in [0, 0.05) is 17.6 Å². The first-order chi connectivity index (χ1) is 5.33. The van der Waals surface area contributed by atoms with Crippen LogP contribution in [-0.2, 0) is 0 Å². The fraction of sp³-hybridized carbons (Fsp3) is 0. The lowest BCUT2D eigenvalue weighted by Crippen LogP contribution is -2.06. The molecule has 0 aliphatic rings. The molecule has 0 saturated carbocycles. The van der Waals surface area contributed by atoms with Gasteiger partial charge in [-0.15, -0.1) is 0 Å². The van der Waals surface area contributed by atoms with Crippen molar-refractivity contribution in [2.75, 3.05) is 5.32 Å².